The van der Waals surface area contributed by atoms with E-state index in [4.69, 9.17) is 0 Å². The quantitative estimate of drug-likeness (QED) is 0.733. The Balaban J connectivity index is 1.91. The summed E-state index contributed by atoms with van der Waals surface area (Å²) in [5.41, 5.74) is 1.34. The first-order valence-corrected chi connectivity index (χ1v) is 6.94. The molecule has 21 heavy (non-hydrogen) atoms. The highest BCUT2D eigenvalue weighted by molar-refractivity contribution is 5.98. The Morgan fingerprint density at radius 1 is 1.29 bits per heavy atom. The van der Waals surface area contributed by atoms with E-state index in [1.165, 1.54) is 0 Å². The van der Waals surface area contributed by atoms with E-state index >= 15 is 0 Å². The number of aliphatic hydroxyl groups is 1. The molecule has 1 aromatic heterocycles. The summed E-state index contributed by atoms with van der Waals surface area (Å²) in [6.45, 7) is 0.762. The molecule has 1 atom stereocenters. The van der Waals surface area contributed by atoms with Gasteiger partial charge in [0.1, 0.15) is 5.60 Å². The monoisotopic (exact) mass is 278 g/mol. The number of aryl methyl sites for hydroxylation is 1. The number of rotatable bonds is 2. The molecule has 1 unspecified atom stereocenters. The molecule has 0 radical (unpaired) electrons. The lowest BCUT2D eigenvalue weighted by Crippen LogP contribution is -2.23. The summed E-state index contributed by atoms with van der Waals surface area (Å²) in [6.07, 6.45) is 4.98. The number of imidazole rings is 1. The van der Waals surface area contributed by atoms with Gasteiger partial charge in [-0.25, -0.2) is 4.98 Å². The minimum Gasteiger partial charge on any atom is -0.379 e. The van der Waals surface area contributed by atoms with Crippen LogP contribution in [0, 0.1) is 0 Å². The second kappa shape index (κ2) is 4.27. The van der Waals surface area contributed by atoms with Gasteiger partial charge in [-0.2, -0.15) is 0 Å². The second-order valence-electron chi connectivity index (χ2n) is 5.48. The number of nitrogens with zero attached hydrogens (tertiary/aromatic N) is 2. The van der Waals surface area contributed by atoms with Crippen molar-refractivity contribution in [1.29, 1.82) is 0 Å². The Bertz CT molecular complexity index is 853. The molecule has 1 N–H and O–H groups in total. The lowest BCUT2D eigenvalue weighted by atomic mass is 9.88. The summed E-state index contributed by atoms with van der Waals surface area (Å²) >= 11 is 0. The highest BCUT2D eigenvalue weighted by Gasteiger charge is 2.39. The fourth-order valence-electron chi connectivity index (χ4n) is 3.21. The molecule has 0 spiro atoms. The molecule has 4 rings (SSSR count). The van der Waals surface area contributed by atoms with E-state index < -0.39 is 5.60 Å². The van der Waals surface area contributed by atoms with Crippen LogP contribution in [0.5, 0.6) is 0 Å². The summed E-state index contributed by atoms with van der Waals surface area (Å²) in [7, 11) is 0. The van der Waals surface area contributed by atoms with Crippen LogP contribution in [0.1, 0.15) is 28.0 Å². The van der Waals surface area contributed by atoms with Gasteiger partial charge in [0.15, 0.2) is 6.29 Å². The van der Waals surface area contributed by atoms with Crippen LogP contribution in [0.15, 0.2) is 48.9 Å². The van der Waals surface area contributed by atoms with Crippen molar-refractivity contribution in [3.8, 4) is 0 Å². The molecule has 0 aliphatic carbocycles. The number of hydrogen-bond donors (Lipinski definition) is 1. The summed E-state index contributed by atoms with van der Waals surface area (Å²) in [5.74, 6) is 0. The zero-order valence-electron chi connectivity index (χ0n) is 11.4. The van der Waals surface area contributed by atoms with E-state index in [1.807, 2.05) is 34.9 Å². The number of benzene rings is 2. The van der Waals surface area contributed by atoms with Gasteiger partial charge in [0.2, 0.25) is 0 Å². The number of hydrogen-bond acceptors (Lipinski definition) is 3. The number of aromatic nitrogens is 2. The average Bonchev–Trinajstić information content (AvgIpc) is 3.11. The van der Waals surface area contributed by atoms with Crippen LogP contribution in [-0.4, -0.2) is 20.9 Å². The van der Waals surface area contributed by atoms with E-state index in [1.54, 1.807) is 18.6 Å². The van der Waals surface area contributed by atoms with Gasteiger partial charge in [0, 0.05) is 18.5 Å². The molecular formula is C17H14N2O2. The van der Waals surface area contributed by atoms with Crippen molar-refractivity contribution in [2.45, 2.75) is 18.6 Å². The van der Waals surface area contributed by atoms with E-state index in [0.29, 0.717) is 12.0 Å². The molecule has 0 saturated carbocycles. The minimum atomic E-state index is -0.998. The molecule has 3 aromatic rings. The minimum absolute atomic E-state index is 0.643. The molecule has 0 fully saturated rings. The molecule has 0 amide bonds. The standard InChI is InChI=1S/C17H14N2O2/c20-10-13-3-1-2-12-8-14(4-5-15(12)13)17(21)6-7-19-11-18-9-16(17)19/h1-5,8-11,21H,6-7H2. The highest BCUT2D eigenvalue weighted by Crippen LogP contribution is 2.39. The summed E-state index contributed by atoms with van der Waals surface area (Å²) < 4.78 is 1.98. The fourth-order valence-corrected chi connectivity index (χ4v) is 3.21. The van der Waals surface area contributed by atoms with Gasteiger partial charge < -0.3 is 9.67 Å². The van der Waals surface area contributed by atoms with Crippen LogP contribution >= 0.6 is 0 Å². The Hall–Kier alpha value is -2.46. The van der Waals surface area contributed by atoms with Crippen molar-refractivity contribution >= 4 is 17.1 Å². The van der Waals surface area contributed by atoms with Crippen molar-refractivity contribution in [1.82, 2.24) is 9.55 Å². The first-order valence-electron chi connectivity index (χ1n) is 6.94. The van der Waals surface area contributed by atoms with Gasteiger partial charge in [0.25, 0.3) is 0 Å². The molecule has 2 heterocycles. The normalized spacial score (nSPS) is 20.6. The summed E-state index contributed by atoms with van der Waals surface area (Å²) in [4.78, 5) is 15.2. The predicted octanol–water partition coefficient (Wildman–Crippen LogP) is 2.49. The third kappa shape index (κ3) is 1.66. The Kier molecular flexibility index (Phi) is 2.50. The third-order valence-corrected chi connectivity index (χ3v) is 4.37. The zero-order valence-corrected chi connectivity index (χ0v) is 11.4. The van der Waals surface area contributed by atoms with E-state index in [9.17, 15) is 9.90 Å². The molecule has 4 heteroatoms. The first kappa shape index (κ1) is 12.3. The van der Waals surface area contributed by atoms with Gasteiger partial charge in [-0.3, -0.25) is 4.79 Å². The van der Waals surface area contributed by atoms with Crippen molar-refractivity contribution in [2.24, 2.45) is 0 Å². The number of carbonyl (C=O) groups excluding carboxylic acids is 1. The van der Waals surface area contributed by atoms with E-state index in [0.717, 1.165) is 34.9 Å². The lowest BCUT2D eigenvalue weighted by molar-refractivity contribution is 0.0827. The molecule has 2 aromatic carbocycles. The first-order chi connectivity index (χ1) is 10.2. The third-order valence-electron chi connectivity index (χ3n) is 4.37. The van der Waals surface area contributed by atoms with Crippen molar-refractivity contribution in [3.63, 3.8) is 0 Å². The van der Waals surface area contributed by atoms with Crippen LogP contribution in [0.25, 0.3) is 10.8 Å². The van der Waals surface area contributed by atoms with Crippen LogP contribution in [0.4, 0.5) is 0 Å². The summed E-state index contributed by atoms with van der Waals surface area (Å²) in [5, 5.41) is 12.9. The van der Waals surface area contributed by atoms with Crippen LogP contribution in [-0.2, 0) is 12.1 Å². The molecular weight excluding hydrogens is 264 g/mol. The largest absolute Gasteiger partial charge is 0.379 e. The number of carbonyl (C=O) groups is 1. The van der Waals surface area contributed by atoms with Crippen LogP contribution in [0.3, 0.4) is 0 Å². The topological polar surface area (TPSA) is 55.1 Å². The molecule has 1 aliphatic heterocycles. The SMILES string of the molecule is O=Cc1cccc2cc(C3(O)CCn4cncc43)ccc12. The smallest absolute Gasteiger partial charge is 0.150 e. The fraction of sp³-hybridized carbons (Fsp3) is 0.176. The van der Waals surface area contributed by atoms with Crippen molar-refractivity contribution in [3.05, 3.63) is 65.7 Å². The van der Waals surface area contributed by atoms with Crippen molar-refractivity contribution in [2.75, 3.05) is 0 Å². The van der Waals surface area contributed by atoms with Gasteiger partial charge in [-0.05, 0) is 22.4 Å². The maximum Gasteiger partial charge on any atom is 0.150 e. The van der Waals surface area contributed by atoms with Gasteiger partial charge in [0.05, 0.1) is 18.2 Å². The highest BCUT2D eigenvalue weighted by atomic mass is 16.3. The zero-order chi connectivity index (χ0) is 14.4. The maximum atomic E-state index is 11.1. The predicted molar refractivity (Wildman–Crippen MR) is 79.2 cm³/mol. The molecule has 4 nitrogen and oxygen atoms in total. The molecule has 1 aliphatic rings. The second-order valence-corrected chi connectivity index (χ2v) is 5.48. The average molecular weight is 278 g/mol. The maximum absolute atomic E-state index is 11.1. The van der Waals surface area contributed by atoms with E-state index in [-0.39, 0.29) is 0 Å². The molecule has 104 valence electrons. The van der Waals surface area contributed by atoms with Crippen LogP contribution in [0.2, 0.25) is 0 Å². The van der Waals surface area contributed by atoms with Crippen LogP contribution < -0.4 is 0 Å². The lowest BCUT2D eigenvalue weighted by Gasteiger charge is -2.23. The Morgan fingerprint density at radius 3 is 3.05 bits per heavy atom. The van der Waals surface area contributed by atoms with Crippen molar-refractivity contribution < 1.29 is 9.90 Å². The van der Waals surface area contributed by atoms with Gasteiger partial charge in [-0.15, -0.1) is 0 Å². The number of aldehydes is 1. The molecule has 0 saturated heterocycles. The van der Waals surface area contributed by atoms with Gasteiger partial charge in [-0.1, -0.05) is 30.3 Å². The van der Waals surface area contributed by atoms with Gasteiger partial charge >= 0.3 is 0 Å². The number of fused-ring (bicyclic) bond motifs is 2. The summed E-state index contributed by atoms with van der Waals surface area (Å²) in [6, 6.07) is 11.4. The Morgan fingerprint density at radius 2 is 2.19 bits per heavy atom. The molecule has 0 bridgehead atoms. The van der Waals surface area contributed by atoms with E-state index in [2.05, 4.69) is 4.98 Å². The Labute approximate surface area is 121 Å².